The van der Waals surface area contributed by atoms with Crippen molar-refractivity contribution in [2.45, 2.75) is 18.8 Å². The summed E-state index contributed by atoms with van der Waals surface area (Å²) in [5, 5.41) is 0. The van der Waals surface area contributed by atoms with Gasteiger partial charge >= 0.3 is 0 Å². The predicted octanol–water partition coefficient (Wildman–Crippen LogP) is 3.30. The van der Waals surface area contributed by atoms with Gasteiger partial charge < -0.3 is 4.90 Å². The fourth-order valence-corrected chi connectivity index (χ4v) is 2.07. The zero-order valence-electron chi connectivity index (χ0n) is 9.65. The molecule has 1 aromatic carbocycles. The molecule has 0 unspecified atom stereocenters. The van der Waals surface area contributed by atoms with Crippen molar-refractivity contribution in [2.75, 3.05) is 20.1 Å². The zero-order valence-corrected chi connectivity index (χ0v) is 9.65. The van der Waals surface area contributed by atoms with Gasteiger partial charge in [0.1, 0.15) is 0 Å². The Morgan fingerprint density at radius 2 is 1.60 bits per heavy atom. The van der Waals surface area contributed by atoms with Gasteiger partial charge in [0.25, 0.3) is 0 Å². The molecule has 0 radical (unpaired) electrons. The molecule has 0 bridgehead atoms. The van der Waals surface area contributed by atoms with Crippen LogP contribution in [0.25, 0.3) is 0 Å². The van der Waals surface area contributed by atoms with Crippen LogP contribution in [0.3, 0.4) is 0 Å². The van der Waals surface area contributed by atoms with Crippen molar-refractivity contribution in [3.05, 3.63) is 49.1 Å². The summed E-state index contributed by atoms with van der Waals surface area (Å²) >= 11 is 0. The molecule has 1 saturated heterocycles. The molecule has 1 aromatic rings. The Morgan fingerprint density at radius 1 is 1.07 bits per heavy atom. The Kier molecular flexibility index (Phi) is 5.13. The highest BCUT2D eigenvalue weighted by atomic mass is 15.1. The lowest BCUT2D eigenvalue weighted by molar-refractivity contribution is 0.255. The van der Waals surface area contributed by atoms with E-state index in [1.807, 2.05) is 0 Å². The third-order valence-electron chi connectivity index (χ3n) is 2.99. The molecule has 0 aromatic heterocycles. The standard InChI is InChI=1S/C12H17N.C2H4/c1-13-9-7-12(8-10-13)11-5-3-2-4-6-11;1-2/h2-6,12H,7-10H2,1H3;1-2H2. The summed E-state index contributed by atoms with van der Waals surface area (Å²) in [6.07, 6.45) is 2.64. The van der Waals surface area contributed by atoms with E-state index < -0.39 is 0 Å². The smallest absolute Gasteiger partial charge is 0.00159 e. The van der Waals surface area contributed by atoms with Crippen molar-refractivity contribution in [2.24, 2.45) is 0 Å². The summed E-state index contributed by atoms with van der Waals surface area (Å²) in [5.74, 6) is 0.803. The first-order chi connectivity index (χ1) is 7.36. The van der Waals surface area contributed by atoms with Crippen LogP contribution in [0.2, 0.25) is 0 Å². The van der Waals surface area contributed by atoms with Crippen molar-refractivity contribution < 1.29 is 0 Å². The van der Waals surface area contributed by atoms with Crippen molar-refractivity contribution in [3.8, 4) is 0 Å². The molecule has 0 aliphatic carbocycles. The number of benzene rings is 1. The summed E-state index contributed by atoms with van der Waals surface area (Å²) in [5.41, 5.74) is 1.52. The van der Waals surface area contributed by atoms with E-state index in [2.05, 4.69) is 55.4 Å². The highest BCUT2D eigenvalue weighted by Gasteiger charge is 2.17. The van der Waals surface area contributed by atoms with E-state index in [4.69, 9.17) is 0 Å². The molecule has 0 spiro atoms. The van der Waals surface area contributed by atoms with Gasteiger partial charge in [0.15, 0.2) is 0 Å². The average molecular weight is 203 g/mol. The first kappa shape index (κ1) is 12.0. The van der Waals surface area contributed by atoms with Crippen LogP contribution in [0, 0.1) is 0 Å². The van der Waals surface area contributed by atoms with Crippen LogP contribution in [0.4, 0.5) is 0 Å². The lowest BCUT2D eigenvalue weighted by atomic mass is 9.90. The van der Waals surface area contributed by atoms with Gasteiger partial charge in [-0.2, -0.15) is 0 Å². The second kappa shape index (κ2) is 6.41. The molecular formula is C14H21N. The normalized spacial score (nSPS) is 17.9. The first-order valence-electron chi connectivity index (χ1n) is 5.60. The third kappa shape index (κ3) is 3.52. The molecule has 15 heavy (non-hydrogen) atoms. The fourth-order valence-electron chi connectivity index (χ4n) is 2.07. The summed E-state index contributed by atoms with van der Waals surface area (Å²) < 4.78 is 0. The Bertz CT molecular complexity index is 260. The summed E-state index contributed by atoms with van der Waals surface area (Å²) in [6, 6.07) is 10.9. The monoisotopic (exact) mass is 203 g/mol. The minimum Gasteiger partial charge on any atom is -0.306 e. The van der Waals surface area contributed by atoms with Crippen LogP contribution in [0.5, 0.6) is 0 Å². The van der Waals surface area contributed by atoms with E-state index in [1.165, 1.54) is 31.5 Å². The summed E-state index contributed by atoms with van der Waals surface area (Å²) in [6.45, 7) is 8.50. The van der Waals surface area contributed by atoms with E-state index in [0.717, 1.165) is 5.92 Å². The first-order valence-corrected chi connectivity index (χ1v) is 5.60. The number of hydrogen-bond donors (Lipinski definition) is 0. The van der Waals surface area contributed by atoms with E-state index >= 15 is 0 Å². The van der Waals surface area contributed by atoms with Gasteiger partial charge in [-0.3, -0.25) is 0 Å². The molecule has 0 saturated carbocycles. The molecule has 1 aliphatic rings. The maximum absolute atomic E-state index is 3.00. The van der Waals surface area contributed by atoms with E-state index in [-0.39, 0.29) is 0 Å². The molecule has 82 valence electrons. The molecule has 1 fully saturated rings. The minimum atomic E-state index is 0.803. The summed E-state index contributed by atoms with van der Waals surface area (Å²) in [4.78, 5) is 2.42. The maximum atomic E-state index is 3.00. The highest BCUT2D eigenvalue weighted by Crippen LogP contribution is 2.26. The van der Waals surface area contributed by atoms with Gasteiger partial charge in [0.2, 0.25) is 0 Å². The molecule has 0 amide bonds. The van der Waals surface area contributed by atoms with Crippen molar-refractivity contribution in [1.82, 2.24) is 4.90 Å². The molecular weight excluding hydrogens is 182 g/mol. The SMILES string of the molecule is C=C.CN1CCC(c2ccccc2)CC1. The lowest BCUT2D eigenvalue weighted by Crippen LogP contribution is -2.29. The summed E-state index contributed by atoms with van der Waals surface area (Å²) in [7, 11) is 2.21. The van der Waals surface area contributed by atoms with E-state index in [9.17, 15) is 0 Å². The topological polar surface area (TPSA) is 3.24 Å². The Hall–Kier alpha value is -1.08. The minimum absolute atomic E-state index is 0.803. The molecule has 1 aliphatic heterocycles. The quantitative estimate of drug-likeness (QED) is 0.633. The largest absolute Gasteiger partial charge is 0.306 e. The second-order valence-electron chi connectivity index (χ2n) is 3.99. The molecule has 0 atom stereocenters. The van der Waals surface area contributed by atoms with Gasteiger partial charge in [-0.15, -0.1) is 13.2 Å². The molecule has 1 heterocycles. The van der Waals surface area contributed by atoms with Gasteiger partial charge in [-0.05, 0) is 44.5 Å². The Labute approximate surface area is 93.4 Å². The van der Waals surface area contributed by atoms with Crippen LogP contribution >= 0.6 is 0 Å². The zero-order chi connectivity index (χ0) is 11.1. The molecule has 0 N–H and O–H groups in total. The van der Waals surface area contributed by atoms with Crippen molar-refractivity contribution in [3.63, 3.8) is 0 Å². The number of likely N-dealkylation sites (tertiary alicyclic amines) is 1. The van der Waals surface area contributed by atoms with E-state index in [0.29, 0.717) is 0 Å². The number of hydrogen-bond acceptors (Lipinski definition) is 1. The third-order valence-corrected chi connectivity index (χ3v) is 2.99. The molecule has 2 rings (SSSR count). The number of nitrogens with zero attached hydrogens (tertiary/aromatic N) is 1. The van der Waals surface area contributed by atoms with Gasteiger partial charge in [-0.25, -0.2) is 0 Å². The lowest BCUT2D eigenvalue weighted by Gasteiger charge is -2.29. The van der Waals surface area contributed by atoms with Crippen LogP contribution in [0.15, 0.2) is 43.5 Å². The highest BCUT2D eigenvalue weighted by molar-refractivity contribution is 5.19. The van der Waals surface area contributed by atoms with Crippen LogP contribution in [0.1, 0.15) is 24.3 Å². The number of rotatable bonds is 1. The van der Waals surface area contributed by atoms with Crippen molar-refractivity contribution in [1.29, 1.82) is 0 Å². The van der Waals surface area contributed by atoms with Crippen LogP contribution < -0.4 is 0 Å². The van der Waals surface area contributed by atoms with Crippen LogP contribution in [-0.4, -0.2) is 25.0 Å². The average Bonchev–Trinajstić information content (AvgIpc) is 2.34. The van der Waals surface area contributed by atoms with Gasteiger partial charge in [-0.1, -0.05) is 30.3 Å². The Morgan fingerprint density at radius 3 is 2.13 bits per heavy atom. The maximum Gasteiger partial charge on any atom is -0.00159 e. The predicted molar refractivity (Wildman–Crippen MR) is 67.2 cm³/mol. The Balaban J connectivity index is 0.000000531. The van der Waals surface area contributed by atoms with Gasteiger partial charge in [0.05, 0.1) is 0 Å². The van der Waals surface area contributed by atoms with Crippen molar-refractivity contribution >= 4 is 0 Å². The second-order valence-corrected chi connectivity index (χ2v) is 3.99. The molecule has 1 nitrogen and oxygen atoms in total. The van der Waals surface area contributed by atoms with Gasteiger partial charge in [0, 0.05) is 0 Å². The fraction of sp³-hybridized carbons (Fsp3) is 0.429. The molecule has 1 heteroatoms. The van der Waals surface area contributed by atoms with E-state index in [1.54, 1.807) is 0 Å². The number of piperidine rings is 1. The van der Waals surface area contributed by atoms with Crippen LogP contribution in [-0.2, 0) is 0 Å².